The molecule has 1 aromatic carbocycles. The number of amides is 1. The van der Waals surface area contributed by atoms with Crippen molar-refractivity contribution in [2.75, 3.05) is 25.2 Å². The van der Waals surface area contributed by atoms with Gasteiger partial charge in [0.1, 0.15) is 11.9 Å². The second-order valence-electron chi connectivity index (χ2n) is 3.50. The molecule has 2 rings (SSSR count). The highest BCUT2D eigenvalue weighted by Crippen LogP contribution is 2.25. The number of aliphatic hydroxyl groups is 1. The van der Waals surface area contributed by atoms with Gasteiger partial charge in [0.2, 0.25) is 0 Å². The summed E-state index contributed by atoms with van der Waals surface area (Å²) in [7, 11) is 1.57. The lowest BCUT2D eigenvalue weighted by atomic mass is 10.2. The SMILES string of the molecule is COc1cccc(N2C[C@@H](CO)OC2=O)c1. The number of carbonyl (C=O) groups is 1. The van der Waals surface area contributed by atoms with Crippen LogP contribution in [0.25, 0.3) is 0 Å². The number of hydrogen-bond donors (Lipinski definition) is 1. The molecule has 0 unspecified atom stereocenters. The maximum Gasteiger partial charge on any atom is 0.414 e. The summed E-state index contributed by atoms with van der Waals surface area (Å²) in [6.07, 6.45) is -0.883. The van der Waals surface area contributed by atoms with E-state index in [0.29, 0.717) is 18.0 Å². The normalized spacial score (nSPS) is 19.8. The fourth-order valence-electron chi connectivity index (χ4n) is 1.61. The maximum absolute atomic E-state index is 11.5. The van der Waals surface area contributed by atoms with Crippen molar-refractivity contribution in [2.24, 2.45) is 0 Å². The number of carbonyl (C=O) groups excluding carboxylic acids is 1. The molecule has 5 heteroatoms. The number of nitrogens with zero attached hydrogens (tertiary/aromatic N) is 1. The molecule has 5 nitrogen and oxygen atoms in total. The Morgan fingerprint density at radius 2 is 2.44 bits per heavy atom. The van der Waals surface area contributed by atoms with E-state index >= 15 is 0 Å². The van der Waals surface area contributed by atoms with Crippen molar-refractivity contribution in [3.63, 3.8) is 0 Å². The van der Waals surface area contributed by atoms with E-state index in [1.807, 2.05) is 0 Å². The largest absolute Gasteiger partial charge is 0.497 e. The number of anilines is 1. The van der Waals surface area contributed by atoms with Crippen LogP contribution in [0.4, 0.5) is 10.5 Å². The first kappa shape index (κ1) is 10.8. The van der Waals surface area contributed by atoms with Gasteiger partial charge in [0.05, 0.1) is 25.9 Å². The fourth-order valence-corrected chi connectivity index (χ4v) is 1.61. The lowest BCUT2D eigenvalue weighted by Crippen LogP contribution is -2.25. The average Bonchev–Trinajstić information content (AvgIpc) is 2.71. The third-order valence-electron chi connectivity index (χ3n) is 2.44. The van der Waals surface area contributed by atoms with Crippen LogP contribution < -0.4 is 9.64 Å². The zero-order valence-corrected chi connectivity index (χ0v) is 8.92. The molecule has 0 aliphatic carbocycles. The van der Waals surface area contributed by atoms with Crippen LogP contribution in [0.2, 0.25) is 0 Å². The number of rotatable bonds is 3. The van der Waals surface area contributed by atoms with Gasteiger partial charge in [-0.05, 0) is 12.1 Å². The molecule has 16 heavy (non-hydrogen) atoms. The van der Waals surface area contributed by atoms with Crippen molar-refractivity contribution < 1.29 is 19.4 Å². The summed E-state index contributed by atoms with van der Waals surface area (Å²) in [4.78, 5) is 13.0. The molecule has 1 aliphatic rings. The van der Waals surface area contributed by atoms with Gasteiger partial charge in [-0.25, -0.2) is 4.79 Å². The van der Waals surface area contributed by atoms with Gasteiger partial charge in [-0.2, -0.15) is 0 Å². The van der Waals surface area contributed by atoms with E-state index < -0.39 is 12.2 Å². The Bertz CT molecular complexity index is 393. The molecule has 1 saturated heterocycles. The van der Waals surface area contributed by atoms with E-state index in [2.05, 4.69) is 0 Å². The van der Waals surface area contributed by atoms with E-state index in [4.69, 9.17) is 14.6 Å². The Balaban J connectivity index is 2.20. The van der Waals surface area contributed by atoms with Crippen molar-refractivity contribution in [1.29, 1.82) is 0 Å². The molecule has 0 spiro atoms. The van der Waals surface area contributed by atoms with Crippen LogP contribution >= 0.6 is 0 Å². The molecule has 1 N–H and O–H groups in total. The lowest BCUT2D eigenvalue weighted by molar-refractivity contribution is 0.0963. The molecular weight excluding hydrogens is 210 g/mol. The van der Waals surface area contributed by atoms with Crippen LogP contribution in [0.15, 0.2) is 24.3 Å². The standard InChI is InChI=1S/C11H13NO4/c1-15-9-4-2-3-8(5-9)12-6-10(7-13)16-11(12)14/h2-5,10,13H,6-7H2,1H3/t10-/m0/s1. The minimum atomic E-state index is -0.446. The van der Waals surface area contributed by atoms with E-state index in [1.165, 1.54) is 4.90 Å². The van der Waals surface area contributed by atoms with Gasteiger partial charge in [-0.1, -0.05) is 6.07 Å². The molecule has 1 heterocycles. The van der Waals surface area contributed by atoms with Gasteiger partial charge in [-0.15, -0.1) is 0 Å². The van der Waals surface area contributed by atoms with E-state index in [0.717, 1.165) is 0 Å². The van der Waals surface area contributed by atoms with Crippen LogP contribution in [0.1, 0.15) is 0 Å². The predicted molar refractivity (Wildman–Crippen MR) is 57.7 cm³/mol. The number of cyclic esters (lactones) is 1. The zero-order chi connectivity index (χ0) is 11.5. The van der Waals surface area contributed by atoms with Gasteiger partial charge in [-0.3, -0.25) is 4.90 Å². The number of benzene rings is 1. The van der Waals surface area contributed by atoms with Gasteiger partial charge in [0, 0.05) is 6.07 Å². The Hall–Kier alpha value is -1.75. The summed E-state index contributed by atoms with van der Waals surface area (Å²) in [5.74, 6) is 0.678. The quantitative estimate of drug-likeness (QED) is 0.830. The van der Waals surface area contributed by atoms with Gasteiger partial charge in [0.15, 0.2) is 0 Å². The van der Waals surface area contributed by atoms with E-state index in [-0.39, 0.29) is 6.61 Å². The average molecular weight is 223 g/mol. The van der Waals surface area contributed by atoms with Gasteiger partial charge in [0.25, 0.3) is 0 Å². The number of aliphatic hydroxyl groups excluding tert-OH is 1. The van der Waals surface area contributed by atoms with Crippen LogP contribution in [0.5, 0.6) is 5.75 Å². The third-order valence-corrected chi connectivity index (χ3v) is 2.44. The molecule has 1 aromatic rings. The zero-order valence-electron chi connectivity index (χ0n) is 8.92. The van der Waals surface area contributed by atoms with Crippen LogP contribution in [0, 0.1) is 0 Å². The minimum absolute atomic E-state index is 0.161. The summed E-state index contributed by atoms with van der Waals surface area (Å²) in [5.41, 5.74) is 0.709. The summed E-state index contributed by atoms with van der Waals surface area (Å²) in [6.45, 7) is 0.203. The second kappa shape index (κ2) is 4.40. The highest BCUT2D eigenvalue weighted by atomic mass is 16.6. The molecule has 1 fully saturated rings. The first-order chi connectivity index (χ1) is 7.74. The molecule has 1 atom stereocenters. The Morgan fingerprint density at radius 1 is 1.62 bits per heavy atom. The molecule has 0 radical (unpaired) electrons. The van der Waals surface area contributed by atoms with Gasteiger partial charge < -0.3 is 14.6 Å². The van der Waals surface area contributed by atoms with Crippen LogP contribution in [-0.4, -0.2) is 37.6 Å². The van der Waals surface area contributed by atoms with Crippen LogP contribution in [0.3, 0.4) is 0 Å². The Morgan fingerprint density at radius 3 is 3.06 bits per heavy atom. The summed E-state index contributed by atoms with van der Waals surface area (Å²) >= 11 is 0. The molecule has 0 bridgehead atoms. The topological polar surface area (TPSA) is 59.0 Å². The van der Waals surface area contributed by atoms with Gasteiger partial charge >= 0.3 is 6.09 Å². The molecule has 1 aliphatic heterocycles. The number of methoxy groups -OCH3 is 1. The summed E-state index contributed by atoms with van der Waals surface area (Å²) in [6, 6.07) is 7.15. The molecular formula is C11H13NO4. The smallest absolute Gasteiger partial charge is 0.414 e. The molecule has 86 valence electrons. The highest BCUT2D eigenvalue weighted by molar-refractivity contribution is 5.89. The fraction of sp³-hybridized carbons (Fsp3) is 0.364. The summed E-state index contributed by atoms with van der Waals surface area (Å²) < 4.78 is 10.0. The van der Waals surface area contributed by atoms with Crippen molar-refractivity contribution in [1.82, 2.24) is 0 Å². The van der Waals surface area contributed by atoms with Crippen LogP contribution in [-0.2, 0) is 4.74 Å². The minimum Gasteiger partial charge on any atom is -0.497 e. The second-order valence-corrected chi connectivity index (χ2v) is 3.50. The Kier molecular flexibility index (Phi) is 2.96. The number of ether oxygens (including phenoxy) is 2. The summed E-state index contributed by atoms with van der Waals surface area (Å²) in [5, 5.41) is 8.92. The first-order valence-corrected chi connectivity index (χ1v) is 4.97. The first-order valence-electron chi connectivity index (χ1n) is 4.97. The molecule has 1 amide bonds. The molecule has 0 aromatic heterocycles. The number of hydrogen-bond acceptors (Lipinski definition) is 4. The predicted octanol–water partition coefficient (Wildman–Crippen LogP) is 1.01. The highest BCUT2D eigenvalue weighted by Gasteiger charge is 2.31. The third kappa shape index (κ3) is 1.94. The van der Waals surface area contributed by atoms with Crippen molar-refractivity contribution >= 4 is 11.8 Å². The lowest BCUT2D eigenvalue weighted by Gasteiger charge is -2.13. The van der Waals surface area contributed by atoms with E-state index in [9.17, 15) is 4.79 Å². The Labute approximate surface area is 93.2 Å². The van der Waals surface area contributed by atoms with Crippen molar-refractivity contribution in [2.45, 2.75) is 6.10 Å². The molecule has 0 saturated carbocycles. The van der Waals surface area contributed by atoms with Crippen molar-refractivity contribution in [3.8, 4) is 5.75 Å². The van der Waals surface area contributed by atoms with E-state index in [1.54, 1.807) is 31.4 Å². The maximum atomic E-state index is 11.5. The monoisotopic (exact) mass is 223 g/mol. The van der Waals surface area contributed by atoms with Crippen molar-refractivity contribution in [3.05, 3.63) is 24.3 Å².